The summed E-state index contributed by atoms with van der Waals surface area (Å²) in [5, 5.41) is 2.75. The molecule has 24 heavy (non-hydrogen) atoms. The second-order valence-corrected chi connectivity index (χ2v) is 6.18. The van der Waals surface area contributed by atoms with Crippen molar-refractivity contribution in [3.05, 3.63) is 35.9 Å². The molecule has 0 aliphatic carbocycles. The molecule has 0 bridgehead atoms. The number of carbonyl (C=O) groups excluding carboxylic acids is 2. The summed E-state index contributed by atoms with van der Waals surface area (Å²) in [6.45, 7) is 3.14. The minimum absolute atomic E-state index is 0.154. The van der Waals surface area contributed by atoms with Gasteiger partial charge < -0.3 is 5.32 Å². The Morgan fingerprint density at radius 1 is 1.21 bits per heavy atom. The number of aliphatic imine (C=N–C) groups is 1. The smallest absolute Gasteiger partial charge is 0.247 e. The summed E-state index contributed by atoms with van der Waals surface area (Å²) in [4.78, 5) is 30.3. The van der Waals surface area contributed by atoms with E-state index in [-0.39, 0.29) is 11.0 Å². The normalized spacial score (nSPS) is 18.3. The van der Waals surface area contributed by atoms with Crippen LogP contribution in [0.2, 0.25) is 0 Å². The maximum Gasteiger partial charge on any atom is 0.247 e. The summed E-state index contributed by atoms with van der Waals surface area (Å²) in [6, 6.07) is 9.56. The van der Waals surface area contributed by atoms with Crippen molar-refractivity contribution < 1.29 is 9.59 Å². The molecule has 1 saturated heterocycles. The van der Waals surface area contributed by atoms with Gasteiger partial charge in [0.1, 0.15) is 0 Å². The third-order valence-electron chi connectivity index (χ3n) is 3.87. The van der Waals surface area contributed by atoms with Crippen molar-refractivity contribution in [2.75, 3.05) is 6.54 Å². The van der Waals surface area contributed by atoms with E-state index in [9.17, 15) is 9.59 Å². The number of carbonyl (C=O) groups is 2. The highest BCUT2D eigenvalue weighted by molar-refractivity contribution is 7.80. The minimum Gasteiger partial charge on any atom is -0.302 e. The molecule has 1 N–H and O–H groups in total. The molecule has 2 rings (SSSR count). The van der Waals surface area contributed by atoms with Gasteiger partial charge in [0.15, 0.2) is 11.0 Å². The number of nitrogens with one attached hydrogen (secondary N) is 1. The average Bonchev–Trinajstić information content (AvgIpc) is 2.58. The molecule has 1 atom stereocenters. The van der Waals surface area contributed by atoms with Gasteiger partial charge in [-0.25, -0.2) is 0 Å². The maximum absolute atomic E-state index is 12.6. The van der Waals surface area contributed by atoms with Crippen molar-refractivity contribution >= 4 is 35.4 Å². The molecule has 1 unspecified atom stereocenters. The van der Waals surface area contributed by atoms with Crippen LogP contribution in [0.5, 0.6) is 0 Å². The topological polar surface area (TPSA) is 61.8 Å². The van der Waals surface area contributed by atoms with Gasteiger partial charge in [0.2, 0.25) is 11.8 Å². The standard InChI is InChI=1S/C18H23N3O2S/c1-2-3-4-8-11-19-12-15-16(22)20-18(24)21(17(15)23)13-14-9-6-5-7-10-14/h5-7,9-10,12,15H,2-4,8,11,13H2,1H3,(H,20,22,24). The summed E-state index contributed by atoms with van der Waals surface area (Å²) in [7, 11) is 0. The van der Waals surface area contributed by atoms with E-state index in [2.05, 4.69) is 17.2 Å². The Balaban J connectivity index is 1.98. The molecular weight excluding hydrogens is 322 g/mol. The lowest BCUT2D eigenvalue weighted by molar-refractivity contribution is -0.138. The van der Waals surface area contributed by atoms with E-state index in [0.717, 1.165) is 18.4 Å². The fourth-order valence-corrected chi connectivity index (χ4v) is 2.74. The fourth-order valence-electron chi connectivity index (χ4n) is 2.49. The number of unbranched alkanes of at least 4 members (excludes halogenated alkanes) is 3. The highest BCUT2D eigenvalue weighted by Gasteiger charge is 2.37. The number of rotatable bonds is 8. The van der Waals surface area contributed by atoms with Crippen molar-refractivity contribution in [3.8, 4) is 0 Å². The SMILES string of the molecule is CCCCCCN=CC1C(=O)NC(=S)N(Cc2ccccc2)C1=O. The van der Waals surface area contributed by atoms with Crippen molar-refractivity contribution in [2.24, 2.45) is 10.9 Å². The van der Waals surface area contributed by atoms with E-state index < -0.39 is 11.8 Å². The Hall–Kier alpha value is -2.08. The summed E-state index contributed by atoms with van der Waals surface area (Å²) in [5.74, 6) is -1.61. The summed E-state index contributed by atoms with van der Waals surface area (Å²) >= 11 is 5.15. The molecule has 6 heteroatoms. The molecule has 2 amide bonds. The molecule has 0 spiro atoms. The number of hydrogen-bond donors (Lipinski definition) is 1. The van der Waals surface area contributed by atoms with E-state index in [4.69, 9.17) is 12.2 Å². The molecule has 0 aromatic heterocycles. The zero-order valence-electron chi connectivity index (χ0n) is 13.9. The van der Waals surface area contributed by atoms with Crippen LogP contribution < -0.4 is 5.32 Å². The van der Waals surface area contributed by atoms with Gasteiger partial charge in [-0.1, -0.05) is 56.5 Å². The molecule has 128 valence electrons. The van der Waals surface area contributed by atoms with E-state index >= 15 is 0 Å². The Kier molecular flexibility index (Phi) is 7.06. The Morgan fingerprint density at radius 2 is 1.96 bits per heavy atom. The molecule has 1 heterocycles. The van der Waals surface area contributed by atoms with Crippen molar-refractivity contribution in [1.29, 1.82) is 0 Å². The number of amides is 2. The molecule has 1 aromatic rings. The van der Waals surface area contributed by atoms with Gasteiger partial charge in [0, 0.05) is 12.8 Å². The molecule has 1 aliphatic heterocycles. The molecule has 1 aromatic carbocycles. The average molecular weight is 345 g/mol. The predicted molar refractivity (Wildman–Crippen MR) is 98.7 cm³/mol. The first-order valence-corrected chi connectivity index (χ1v) is 8.74. The lowest BCUT2D eigenvalue weighted by atomic mass is 10.1. The molecule has 5 nitrogen and oxygen atoms in total. The second-order valence-electron chi connectivity index (χ2n) is 5.80. The molecule has 0 saturated carbocycles. The molecule has 1 aliphatic rings. The van der Waals surface area contributed by atoms with Crippen LogP contribution in [0.25, 0.3) is 0 Å². The fraction of sp³-hybridized carbons (Fsp3) is 0.444. The Labute approximate surface area is 148 Å². The van der Waals surface area contributed by atoms with Crippen molar-refractivity contribution in [1.82, 2.24) is 10.2 Å². The Morgan fingerprint density at radius 3 is 2.67 bits per heavy atom. The number of nitrogens with zero attached hydrogens (tertiary/aromatic N) is 2. The van der Waals surface area contributed by atoms with E-state index in [1.807, 2.05) is 30.3 Å². The molecule has 1 fully saturated rings. The van der Waals surface area contributed by atoms with Gasteiger partial charge in [-0.3, -0.25) is 19.5 Å². The minimum atomic E-state index is -0.897. The second kappa shape index (κ2) is 9.27. The van der Waals surface area contributed by atoms with Crippen molar-refractivity contribution in [2.45, 2.75) is 39.2 Å². The largest absolute Gasteiger partial charge is 0.302 e. The summed E-state index contributed by atoms with van der Waals surface area (Å²) < 4.78 is 0. The van der Waals surface area contributed by atoms with Crippen molar-refractivity contribution in [3.63, 3.8) is 0 Å². The van der Waals surface area contributed by atoms with Crippen LogP contribution in [0.3, 0.4) is 0 Å². The predicted octanol–water partition coefficient (Wildman–Crippen LogP) is 2.70. The van der Waals surface area contributed by atoms with Gasteiger partial charge >= 0.3 is 0 Å². The lowest BCUT2D eigenvalue weighted by Gasteiger charge is -2.31. The number of thiocarbonyl (C=S) groups is 1. The van der Waals surface area contributed by atoms with Crippen LogP contribution >= 0.6 is 12.2 Å². The van der Waals surface area contributed by atoms with Crippen LogP contribution in [0.4, 0.5) is 0 Å². The third kappa shape index (κ3) is 4.96. The first kappa shape index (κ1) is 18.3. The van der Waals surface area contributed by atoms with Gasteiger partial charge in [-0.2, -0.15) is 0 Å². The molecular formula is C18H23N3O2S. The zero-order chi connectivity index (χ0) is 17.4. The van der Waals surface area contributed by atoms with E-state index in [1.54, 1.807) is 0 Å². The quantitative estimate of drug-likeness (QED) is 0.341. The van der Waals surface area contributed by atoms with Crippen LogP contribution in [-0.4, -0.2) is 34.6 Å². The number of hydrogen-bond acceptors (Lipinski definition) is 4. The monoisotopic (exact) mass is 345 g/mol. The zero-order valence-corrected chi connectivity index (χ0v) is 14.7. The first-order valence-electron chi connectivity index (χ1n) is 8.33. The highest BCUT2D eigenvalue weighted by Crippen LogP contribution is 2.14. The molecule has 0 radical (unpaired) electrons. The van der Waals surface area contributed by atoms with Gasteiger partial charge in [-0.15, -0.1) is 0 Å². The van der Waals surface area contributed by atoms with Crippen LogP contribution in [0.1, 0.15) is 38.2 Å². The summed E-state index contributed by atoms with van der Waals surface area (Å²) in [6.07, 6.45) is 5.89. The van der Waals surface area contributed by atoms with E-state index in [0.29, 0.717) is 13.1 Å². The first-order chi connectivity index (χ1) is 11.6. The summed E-state index contributed by atoms with van der Waals surface area (Å²) in [5.41, 5.74) is 0.958. The van der Waals surface area contributed by atoms with Gasteiger partial charge in [0.05, 0.1) is 6.54 Å². The lowest BCUT2D eigenvalue weighted by Crippen LogP contribution is -2.57. The third-order valence-corrected chi connectivity index (χ3v) is 4.19. The Bertz CT molecular complexity index is 616. The van der Waals surface area contributed by atoms with E-state index in [1.165, 1.54) is 24.0 Å². The maximum atomic E-state index is 12.6. The van der Waals surface area contributed by atoms with Crippen LogP contribution in [0, 0.1) is 5.92 Å². The van der Waals surface area contributed by atoms with Gasteiger partial charge in [-0.05, 0) is 24.2 Å². The van der Waals surface area contributed by atoms with Gasteiger partial charge in [0.25, 0.3) is 0 Å². The van der Waals surface area contributed by atoms with Crippen LogP contribution in [0.15, 0.2) is 35.3 Å². The van der Waals surface area contributed by atoms with Crippen LogP contribution in [-0.2, 0) is 16.1 Å². The highest BCUT2D eigenvalue weighted by atomic mass is 32.1. The number of benzene rings is 1.